The quantitative estimate of drug-likeness (QED) is 0.213. The van der Waals surface area contributed by atoms with Gasteiger partial charge in [0.25, 0.3) is 0 Å². The van der Waals surface area contributed by atoms with Gasteiger partial charge in [-0.3, -0.25) is 14.4 Å². The average molecular weight is 528 g/mol. The Morgan fingerprint density at radius 1 is 1.03 bits per heavy atom. The second-order valence-corrected chi connectivity index (χ2v) is 10.2. The van der Waals surface area contributed by atoms with E-state index in [1.165, 1.54) is 0 Å². The second-order valence-electron chi connectivity index (χ2n) is 10.2. The standard InChI is InChI=1S/C30H45N3O5/c1-5-12-21-13-18-24-26(25(21)30(37)38-8-4)29(36)33(19-10-9-11-20-34)27(24)28(35)31-22-14-16-23(17-15-22)32(6-2)7-3/h13-18,21,24-27,34H,5-12,19-20H2,1-4H3,(H,31,35)/t21-,24+,25-,26+,27+/m1/s1. The number of unbranched alkanes of at least 4 members (excludes halogenated alkanes) is 2. The van der Waals surface area contributed by atoms with Crippen LogP contribution in [-0.4, -0.2) is 66.7 Å². The van der Waals surface area contributed by atoms with Gasteiger partial charge in [-0.15, -0.1) is 0 Å². The number of nitrogens with zero attached hydrogens (tertiary/aromatic N) is 2. The molecule has 38 heavy (non-hydrogen) atoms. The molecule has 3 rings (SSSR count). The summed E-state index contributed by atoms with van der Waals surface area (Å²) in [6, 6.07) is 7.05. The number of hydrogen-bond acceptors (Lipinski definition) is 6. The molecule has 0 spiro atoms. The Bertz CT molecular complexity index is 959. The van der Waals surface area contributed by atoms with Crippen LogP contribution in [0.5, 0.6) is 0 Å². The maximum Gasteiger partial charge on any atom is 0.310 e. The van der Waals surface area contributed by atoms with Crippen LogP contribution in [0.1, 0.15) is 59.8 Å². The first kappa shape index (κ1) is 29.7. The molecule has 1 heterocycles. The normalized spacial score (nSPS) is 24.3. The first-order chi connectivity index (χ1) is 18.4. The number of rotatable bonds is 14. The third-order valence-corrected chi connectivity index (χ3v) is 7.88. The number of likely N-dealkylation sites (tertiary alicyclic amines) is 1. The highest BCUT2D eigenvalue weighted by molar-refractivity contribution is 6.01. The van der Waals surface area contributed by atoms with E-state index < -0.39 is 23.8 Å². The Morgan fingerprint density at radius 2 is 1.74 bits per heavy atom. The summed E-state index contributed by atoms with van der Waals surface area (Å²) in [5, 5.41) is 12.2. The number of carbonyl (C=O) groups is 3. The summed E-state index contributed by atoms with van der Waals surface area (Å²) in [6.45, 7) is 10.6. The molecule has 210 valence electrons. The Labute approximate surface area is 227 Å². The van der Waals surface area contributed by atoms with Crippen LogP contribution >= 0.6 is 0 Å². The van der Waals surface area contributed by atoms with Crippen molar-refractivity contribution >= 4 is 29.2 Å². The van der Waals surface area contributed by atoms with E-state index in [2.05, 4.69) is 31.0 Å². The van der Waals surface area contributed by atoms with Gasteiger partial charge in [0.1, 0.15) is 6.04 Å². The lowest BCUT2D eigenvalue weighted by Crippen LogP contribution is -2.44. The number of esters is 1. The van der Waals surface area contributed by atoms with Gasteiger partial charge in [0.05, 0.1) is 18.4 Å². The number of benzene rings is 1. The third kappa shape index (κ3) is 6.57. The Balaban J connectivity index is 1.89. The number of nitrogens with one attached hydrogen (secondary N) is 1. The van der Waals surface area contributed by atoms with Gasteiger partial charge in [-0.25, -0.2) is 0 Å². The molecule has 0 unspecified atom stereocenters. The number of carbonyl (C=O) groups excluding carboxylic acids is 3. The Kier molecular flexibility index (Phi) is 11.2. The van der Waals surface area contributed by atoms with E-state index >= 15 is 0 Å². The van der Waals surface area contributed by atoms with Crippen LogP contribution in [0.4, 0.5) is 11.4 Å². The van der Waals surface area contributed by atoms with Crippen LogP contribution in [-0.2, 0) is 19.1 Å². The van der Waals surface area contributed by atoms with Crippen LogP contribution in [0.15, 0.2) is 36.4 Å². The largest absolute Gasteiger partial charge is 0.466 e. The number of fused-ring (bicyclic) bond motifs is 1. The van der Waals surface area contributed by atoms with Crippen molar-refractivity contribution in [2.75, 3.05) is 43.1 Å². The van der Waals surface area contributed by atoms with Crippen molar-refractivity contribution < 1.29 is 24.2 Å². The Hall–Kier alpha value is -2.87. The highest BCUT2D eigenvalue weighted by Crippen LogP contribution is 2.46. The fraction of sp³-hybridized carbons (Fsp3) is 0.633. The summed E-state index contributed by atoms with van der Waals surface area (Å²) in [4.78, 5) is 44.6. The molecule has 8 nitrogen and oxygen atoms in total. The highest BCUT2D eigenvalue weighted by Gasteiger charge is 2.57. The maximum atomic E-state index is 13.9. The van der Waals surface area contributed by atoms with Crippen molar-refractivity contribution in [3.63, 3.8) is 0 Å². The topological polar surface area (TPSA) is 99.2 Å². The minimum absolute atomic E-state index is 0.0880. The highest BCUT2D eigenvalue weighted by atomic mass is 16.5. The molecule has 1 fully saturated rings. The SMILES string of the molecule is CCC[C@@H]1C=C[C@H]2[C@H](C(=O)N(CCCCCO)[C@@H]2C(=O)Nc2ccc(N(CC)CC)cc2)[C@@H]1C(=O)OCC. The molecule has 8 heteroatoms. The molecular weight excluding hydrogens is 482 g/mol. The van der Waals surface area contributed by atoms with Gasteiger partial charge < -0.3 is 25.0 Å². The lowest BCUT2D eigenvalue weighted by atomic mass is 9.69. The molecule has 2 amide bonds. The van der Waals surface area contributed by atoms with E-state index in [-0.39, 0.29) is 36.9 Å². The molecular formula is C30H45N3O5. The number of amides is 2. The summed E-state index contributed by atoms with van der Waals surface area (Å²) >= 11 is 0. The first-order valence-electron chi connectivity index (χ1n) is 14.3. The lowest BCUT2D eigenvalue weighted by Gasteiger charge is -2.33. The van der Waals surface area contributed by atoms with Gasteiger partial charge in [-0.2, -0.15) is 0 Å². The maximum absolute atomic E-state index is 13.9. The van der Waals surface area contributed by atoms with Crippen LogP contribution in [0.25, 0.3) is 0 Å². The number of hydrogen-bond donors (Lipinski definition) is 2. The summed E-state index contributed by atoms with van der Waals surface area (Å²) in [5.74, 6) is -2.46. The van der Waals surface area contributed by atoms with E-state index in [1.54, 1.807) is 11.8 Å². The molecule has 1 aromatic rings. The molecule has 2 N–H and O–H groups in total. The lowest BCUT2D eigenvalue weighted by molar-refractivity contribution is -0.155. The smallest absolute Gasteiger partial charge is 0.310 e. The zero-order valence-electron chi connectivity index (χ0n) is 23.4. The molecule has 0 radical (unpaired) electrons. The van der Waals surface area contributed by atoms with Gasteiger partial charge in [0.2, 0.25) is 11.8 Å². The third-order valence-electron chi connectivity index (χ3n) is 7.88. The van der Waals surface area contributed by atoms with Gasteiger partial charge in [0.15, 0.2) is 0 Å². The van der Waals surface area contributed by atoms with Crippen molar-refractivity contribution in [3.05, 3.63) is 36.4 Å². The monoisotopic (exact) mass is 527 g/mol. The molecule has 2 aliphatic rings. The van der Waals surface area contributed by atoms with Crippen LogP contribution in [0, 0.1) is 23.7 Å². The van der Waals surface area contributed by atoms with Crippen LogP contribution in [0.2, 0.25) is 0 Å². The van der Waals surface area contributed by atoms with E-state index in [9.17, 15) is 19.5 Å². The molecule has 1 aliphatic carbocycles. The van der Waals surface area contributed by atoms with Gasteiger partial charge >= 0.3 is 5.97 Å². The van der Waals surface area contributed by atoms with Gasteiger partial charge in [-0.05, 0) is 76.6 Å². The molecule has 0 aromatic heterocycles. The average Bonchev–Trinajstić information content (AvgIpc) is 3.20. The minimum atomic E-state index is -0.708. The van der Waals surface area contributed by atoms with E-state index in [0.29, 0.717) is 25.1 Å². The van der Waals surface area contributed by atoms with Crippen LogP contribution < -0.4 is 10.2 Å². The summed E-state index contributed by atoms with van der Waals surface area (Å²) in [7, 11) is 0. The zero-order chi connectivity index (χ0) is 27.7. The summed E-state index contributed by atoms with van der Waals surface area (Å²) < 4.78 is 5.43. The predicted octanol–water partition coefficient (Wildman–Crippen LogP) is 4.24. The molecule has 1 saturated heterocycles. The van der Waals surface area contributed by atoms with Crippen molar-refractivity contribution in [2.24, 2.45) is 23.7 Å². The van der Waals surface area contributed by atoms with Crippen molar-refractivity contribution in [2.45, 2.75) is 65.8 Å². The number of anilines is 2. The minimum Gasteiger partial charge on any atom is -0.466 e. The van der Waals surface area contributed by atoms with Crippen molar-refractivity contribution in [3.8, 4) is 0 Å². The fourth-order valence-electron chi connectivity index (χ4n) is 6.04. The van der Waals surface area contributed by atoms with Gasteiger partial charge in [0, 0.05) is 43.5 Å². The summed E-state index contributed by atoms with van der Waals surface area (Å²) in [6.07, 6.45) is 7.76. The van der Waals surface area contributed by atoms with Gasteiger partial charge in [-0.1, -0.05) is 25.5 Å². The van der Waals surface area contributed by atoms with Crippen molar-refractivity contribution in [1.29, 1.82) is 0 Å². The predicted molar refractivity (Wildman–Crippen MR) is 150 cm³/mol. The number of ether oxygens (including phenoxy) is 1. The van der Waals surface area contributed by atoms with Crippen molar-refractivity contribution in [1.82, 2.24) is 4.90 Å². The first-order valence-corrected chi connectivity index (χ1v) is 14.3. The number of aliphatic hydroxyl groups is 1. The second kappa shape index (κ2) is 14.3. The molecule has 1 aliphatic heterocycles. The number of aliphatic hydroxyl groups excluding tert-OH is 1. The van der Waals surface area contributed by atoms with E-state index in [1.807, 2.05) is 36.4 Å². The van der Waals surface area contributed by atoms with E-state index in [4.69, 9.17) is 4.74 Å². The molecule has 1 aromatic carbocycles. The number of allylic oxidation sites excluding steroid dienone is 1. The summed E-state index contributed by atoms with van der Waals surface area (Å²) in [5.41, 5.74) is 1.76. The van der Waals surface area contributed by atoms with Crippen LogP contribution in [0.3, 0.4) is 0 Å². The molecule has 5 atom stereocenters. The fourth-order valence-corrected chi connectivity index (χ4v) is 6.04. The molecule has 0 saturated carbocycles. The zero-order valence-corrected chi connectivity index (χ0v) is 23.4. The Morgan fingerprint density at radius 3 is 2.34 bits per heavy atom. The molecule has 0 bridgehead atoms. The van der Waals surface area contributed by atoms with E-state index in [0.717, 1.165) is 38.0 Å².